The summed E-state index contributed by atoms with van der Waals surface area (Å²) >= 11 is 0. The Bertz CT molecular complexity index is 3440. The summed E-state index contributed by atoms with van der Waals surface area (Å²) in [5, 5.41) is 4.08. The van der Waals surface area contributed by atoms with Crippen LogP contribution in [-0.2, 0) is 0 Å². The molecule has 0 atom stereocenters. The molecule has 0 aliphatic rings. The molecule has 1 heterocycles. The molecule has 10 aromatic rings. The molecule has 0 fully saturated rings. The van der Waals surface area contributed by atoms with Crippen molar-refractivity contribution in [2.24, 2.45) is 0 Å². The molecule has 0 bridgehead atoms. The molecule has 0 saturated heterocycles. The zero-order valence-electron chi connectivity index (χ0n) is 36.9. The molecule has 0 unspecified atom stereocenters. The number of fused-ring (bicyclic) bond motifs is 6. The Morgan fingerprint density at radius 3 is 1.86 bits per heavy atom. The van der Waals surface area contributed by atoms with Crippen LogP contribution in [0.5, 0.6) is 0 Å². The third kappa shape index (κ3) is 4.40. The predicted molar refractivity (Wildman–Crippen MR) is 208 cm³/mol. The van der Waals surface area contributed by atoms with Crippen molar-refractivity contribution in [1.29, 1.82) is 0 Å². The Morgan fingerprint density at radius 1 is 0.388 bits per heavy atom. The average molecular weight is 634 g/mol. The Balaban J connectivity index is 1.31. The van der Waals surface area contributed by atoms with E-state index in [1.807, 2.05) is 91.0 Å². The third-order valence-corrected chi connectivity index (χ3v) is 9.24. The van der Waals surface area contributed by atoms with E-state index in [-0.39, 0.29) is 27.5 Å². The molecular weight excluding hydrogens is 593 g/mol. The first-order valence-corrected chi connectivity index (χ1v) is 16.0. The first kappa shape index (κ1) is 18.8. The Labute approximate surface area is 299 Å². The van der Waals surface area contributed by atoms with Gasteiger partial charge in [-0.1, -0.05) is 157 Å². The zero-order valence-corrected chi connectivity index (χ0v) is 25.9. The summed E-state index contributed by atoms with van der Waals surface area (Å²) in [5.41, 5.74) is 5.06. The molecule has 1 heteroatoms. The summed E-state index contributed by atoms with van der Waals surface area (Å²) in [6, 6.07) is 31.1. The van der Waals surface area contributed by atoms with Crippen LogP contribution < -0.4 is 0 Å². The van der Waals surface area contributed by atoms with Crippen LogP contribution >= 0.6 is 0 Å². The molecule has 49 heavy (non-hydrogen) atoms. The minimum atomic E-state index is -0.651. The van der Waals surface area contributed by atoms with Gasteiger partial charge in [-0.15, -0.1) is 0 Å². The summed E-state index contributed by atoms with van der Waals surface area (Å²) in [6.07, 6.45) is 0. The number of rotatable bonds is 4. The molecule has 228 valence electrons. The molecular formula is C48H30O. The highest BCUT2D eigenvalue weighted by atomic mass is 16.3. The van der Waals surface area contributed by atoms with Crippen molar-refractivity contribution in [3.05, 3.63) is 182 Å². The van der Waals surface area contributed by atoms with Crippen molar-refractivity contribution < 1.29 is 19.5 Å². The van der Waals surface area contributed by atoms with Crippen LogP contribution in [0.15, 0.2) is 186 Å². The van der Waals surface area contributed by atoms with Crippen molar-refractivity contribution in [2.75, 3.05) is 0 Å². The molecule has 0 radical (unpaired) electrons. The fourth-order valence-corrected chi connectivity index (χ4v) is 7.13. The first-order valence-electron chi connectivity index (χ1n) is 21.5. The SMILES string of the molecule is [2H]c1c([2H])c(-c2c3ccccc3c(-c3cccc4oc5cc(-c6ccccc6)ccc5c34)c3ccccc23)c([2H])c(-c2c([2H])c([2H])c([2H])c3c([2H])c([2H])c([2H])c([2H])c23)c1[2H]. The van der Waals surface area contributed by atoms with Gasteiger partial charge in [0.25, 0.3) is 0 Å². The van der Waals surface area contributed by atoms with Crippen molar-refractivity contribution in [1.82, 2.24) is 0 Å². The second kappa shape index (κ2) is 11.1. The molecule has 1 aromatic heterocycles. The summed E-state index contributed by atoms with van der Waals surface area (Å²) in [5.74, 6) is 0. The Morgan fingerprint density at radius 2 is 1.06 bits per heavy atom. The van der Waals surface area contributed by atoms with Crippen molar-refractivity contribution in [3.8, 4) is 44.5 Å². The fraction of sp³-hybridized carbons (Fsp3) is 0. The van der Waals surface area contributed by atoms with E-state index in [1.54, 1.807) is 0 Å². The zero-order chi connectivity index (χ0) is 41.9. The monoisotopic (exact) mass is 633 g/mol. The van der Waals surface area contributed by atoms with E-state index < -0.39 is 66.5 Å². The van der Waals surface area contributed by atoms with E-state index in [2.05, 4.69) is 24.3 Å². The third-order valence-electron chi connectivity index (χ3n) is 9.24. The van der Waals surface area contributed by atoms with E-state index in [0.29, 0.717) is 21.9 Å². The van der Waals surface area contributed by atoms with Gasteiger partial charge in [0, 0.05) is 10.8 Å². The lowest BCUT2D eigenvalue weighted by molar-refractivity contribution is 0.669. The highest BCUT2D eigenvalue weighted by Gasteiger charge is 2.20. The van der Waals surface area contributed by atoms with Crippen LogP contribution in [0.3, 0.4) is 0 Å². The second-order valence-corrected chi connectivity index (χ2v) is 11.9. The summed E-state index contributed by atoms with van der Waals surface area (Å²) in [7, 11) is 0. The first-order chi connectivity index (χ1) is 28.9. The molecule has 0 saturated carbocycles. The molecule has 0 spiro atoms. The molecule has 0 N–H and O–H groups in total. The minimum Gasteiger partial charge on any atom is -0.456 e. The average Bonchev–Trinajstić information content (AvgIpc) is 3.65. The van der Waals surface area contributed by atoms with E-state index in [0.717, 1.165) is 49.4 Å². The van der Waals surface area contributed by atoms with Gasteiger partial charge in [0.05, 0.1) is 15.1 Å². The van der Waals surface area contributed by atoms with Crippen molar-refractivity contribution in [2.45, 2.75) is 0 Å². The maximum absolute atomic E-state index is 9.82. The van der Waals surface area contributed by atoms with Gasteiger partial charge < -0.3 is 4.42 Å². The number of furan rings is 1. The van der Waals surface area contributed by atoms with Crippen molar-refractivity contribution >= 4 is 54.3 Å². The smallest absolute Gasteiger partial charge is 0.136 e. The predicted octanol–water partition coefficient (Wildman–Crippen LogP) is 13.7. The normalized spacial score (nSPS) is 14.8. The number of hydrogen-bond donors (Lipinski definition) is 0. The van der Waals surface area contributed by atoms with Gasteiger partial charge in [-0.3, -0.25) is 0 Å². The van der Waals surface area contributed by atoms with Crippen LogP contribution in [0.1, 0.15) is 15.1 Å². The standard InChI is InChI=1S/C48H30O/c1-2-13-31(14-3-1)33-27-28-42-45(30-33)49-44-26-12-25-43(48(42)44)47-40-22-8-6-20-38(40)46(39-21-7-9-23-41(39)47)35-18-10-17-34(29-35)37-24-11-16-32-15-4-5-19-36(32)37/h1-30H/i4D,5D,10D,11D,15D,16D,17D,18D,19D,24D,29D. The number of hydrogen-bond acceptors (Lipinski definition) is 1. The van der Waals surface area contributed by atoms with E-state index in [9.17, 15) is 2.74 Å². The van der Waals surface area contributed by atoms with Crippen LogP contribution in [0.25, 0.3) is 98.8 Å². The Kier molecular flexibility index (Phi) is 4.25. The maximum atomic E-state index is 9.82. The summed E-state index contributed by atoms with van der Waals surface area (Å²) in [4.78, 5) is 0. The van der Waals surface area contributed by atoms with E-state index in [1.165, 1.54) is 0 Å². The fourth-order valence-electron chi connectivity index (χ4n) is 7.13. The van der Waals surface area contributed by atoms with E-state index in [4.69, 9.17) is 16.8 Å². The van der Waals surface area contributed by atoms with Crippen LogP contribution in [0.4, 0.5) is 0 Å². The molecule has 9 aromatic carbocycles. The molecule has 0 amide bonds. The maximum Gasteiger partial charge on any atom is 0.136 e. The summed E-state index contributed by atoms with van der Waals surface area (Å²) < 4.78 is 105. The van der Waals surface area contributed by atoms with Crippen molar-refractivity contribution in [3.63, 3.8) is 0 Å². The van der Waals surface area contributed by atoms with Gasteiger partial charge in [-0.2, -0.15) is 0 Å². The van der Waals surface area contributed by atoms with Gasteiger partial charge in [0.15, 0.2) is 0 Å². The van der Waals surface area contributed by atoms with Gasteiger partial charge in [-0.05, 0) is 101 Å². The van der Waals surface area contributed by atoms with Crippen LogP contribution in [-0.4, -0.2) is 0 Å². The van der Waals surface area contributed by atoms with Crippen LogP contribution in [0.2, 0.25) is 0 Å². The highest BCUT2D eigenvalue weighted by Crippen LogP contribution is 2.47. The molecule has 10 rings (SSSR count). The van der Waals surface area contributed by atoms with Gasteiger partial charge in [-0.25, -0.2) is 0 Å². The highest BCUT2D eigenvalue weighted by molar-refractivity contribution is 6.25. The molecule has 0 aliphatic carbocycles. The van der Waals surface area contributed by atoms with Gasteiger partial charge in [0.1, 0.15) is 11.2 Å². The topological polar surface area (TPSA) is 13.1 Å². The lowest BCUT2D eigenvalue weighted by atomic mass is 9.84. The Hall–Kier alpha value is -6.44. The molecule has 0 aliphatic heterocycles. The quantitative estimate of drug-likeness (QED) is 0.176. The van der Waals surface area contributed by atoms with Gasteiger partial charge in [0.2, 0.25) is 0 Å². The largest absolute Gasteiger partial charge is 0.456 e. The summed E-state index contributed by atoms with van der Waals surface area (Å²) in [6.45, 7) is 0. The minimum absolute atomic E-state index is 0.0137. The number of benzene rings is 9. The second-order valence-electron chi connectivity index (χ2n) is 11.9. The lowest BCUT2D eigenvalue weighted by Crippen LogP contribution is -1.91. The van der Waals surface area contributed by atoms with Crippen LogP contribution in [0, 0.1) is 0 Å². The lowest BCUT2D eigenvalue weighted by Gasteiger charge is -2.19. The van der Waals surface area contributed by atoms with Gasteiger partial charge >= 0.3 is 0 Å². The van der Waals surface area contributed by atoms with E-state index >= 15 is 0 Å². The molecule has 1 nitrogen and oxygen atoms in total.